The molecule has 0 fully saturated rings. The fourth-order valence-corrected chi connectivity index (χ4v) is 4.41. The standard InChI is InChI=1S/C23H17Cl3N4OS/c1-14-12-16(25)8-11-20(14)27-21(31)13-32-23-29-28-22(18-4-2-3-5-19(18)26)30(23)17-9-6-15(24)7-10-17/h2-12H,13H2,1H3,(H,27,31). The molecule has 4 rings (SSSR count). The highest BCUT2D eigenvalue weighted by Crippen LogP contribution is 2.32. The first kappa shape index (κ1) is 22.7. The van der Waals surface area contributed by atoms with Gasteiger partial charge < -0.3 is 5.32 Å². The van der Waals surface area contributed by atoms with Gasteiger partial charge in [-0.05, 0) is 67.1 Å². The van der Waals surface area contributed by atoms with Crippen LogP contribution in [0, 0.1) is 6.92 Å². The Morgan fingerprint density at radius 1 is 0.969 bits per heavy atom. The number of halogens is 3. The minimum Gasteiger partial charge on any atom is -0.325 e. The number of thioether (sulfide) groups is 1. The van der Waals surface area contributed by atoms with Crippen molar-refractivity contribution in [1.82, 2.24) is 14.8 Å². The lowest BCUT2D eigenvalue weighted by Crippen LogP contribution is -2.15. The topological polar surface area (TPSA) is 59.8 Å². The van der Waals surface area contributed by atoms with Crippen LogP contribution in [0.3, 0.4) is 0 Å². The fourth-order valence-electron chi connectivity index (χ4n) is 3.09. The third kappa shape index (κ3) is 5.10. The zero-order valence-electron chi connectivity index (χ0n) is 16.8. The van der Waals surface area contributed by atoms with E-state index in [9.17, 15) is 4.79 Å². The molecule has 5 nitrogen and oxygen atoms in total. The van der Waals surface area contributed by atoms with Gasteiger partial charge in [0.1, 0.15) is 0 Å². The summed E-state index contributed by atoms with van der Waals surface area (Å²) >= 11 is 19.8. The first-order chi connectivity index (χ1) is 15.4. The molecule has 0 atom stereocenters. The summed E-state index contributed by atoms with van der Waals surface area (Å²) in [4.78, 5) is 12.6. The predicted octanol–water partition coefficient (Wildman–Crippen LogP) is 6.93. The summed E-state index contributed by atoms with van der Waals surface area (Å²) in [6.07, 6.45) is 0. The van der Waals surface area contributed by atoms with Crippen molar-refractivity contribution in [2.45, 2.75) is 12.1 Å². The molecule has 0 saturated heterocycles. The molecule has 0 aliphatic heterocycles. The number of rotatable bonds is 6. The molecule has 0 saturated carbocycles. The number of anilines is 1. The van der Waals surface area contributed by atoms with E-state index in [1.807, 2.05) is 41.8 Å². The van der Waals surface area contributed by atoms with Crippen LogP contribution in [0.1, 0.15) is 5.56 Å². The van der Waals surface area contributed by atoms with Crippen LogP contribution in [0.5, 0.6) is 0 Å². The molecular weight excluding hydrogens is 487 g/mol. The molecule has 0 unspecified atom stereocenters. The van der Waals surface area contributed by atoms with Gasteiger partial charge in [-0.1, -0.05) is 58.7 Å². The number of hydrogen-bond donors (Lipinski definition) is 1. The maximum absolute atomic E-state index is 12.6. The molecule has 1 aromatic heterocycles. The summed E-state index contributed by atoms with van der Waals surface area (Å²) < 4.78 is 1.86. The molecule has 32 heavy (non-hydrogen) atoms. The van der Waals surface area contributed by atoms with Crippen LogP contribution in [0.2, 0.25) is 15.1 Å². The van der Waals surface area contributed by atoms with Crippen molar-refractivity contribution in [2.24, 2.45) is 0 Å². The predicted molar refractivity (Wildman–Crippen MR) is 132 cm³/mol. The quantitative estimate of drug-likeness (QED) is 0.290. The average Bonchev–Trinajstić information content (AvgIpc) is 3.19. The summed E-state index contributed by atoms with van der Waals surface area (Å²) in [5.74, 6) is 0.566. The maximum atomic E-state index is 12.6. The van der Waals surface area contributed by atoms with Gasteiger partial charge in [-0.15, -0.1) is 10.2 Å². The van der Waals surface area contributed by atoms with Gasteiger partial charge in [0.2, 0.25) is 5.91 Å². The van der Waals surface area contributed by atoms with Crippen molar-refractivity contribution >= 4 is 58.2 Å². The highest BCUT2D eigenvalue weighted by atomic mass is 35.5. The number of aromatic nitrogens is 3. The maximum Gasteiger partial charge on any atom is 0.234 e. The molecule has 4 aromatic rings. The fraction of sp³-hybridized carbons (Fsp3) is 0.0870. The van der Waals surface area contributed by atoms with E-state index in [1.165, 1.54) is 11.8 Å². The molecule has 1 heterocycles. The number of carbonyl (C=O) groups excluding carboxylic acids is 1. The molecule has 1 amide bonds. The highest BCUT2D eigenvalue weighted by molar-refractivity contribution is 7.99. The van der Waals surface area contributed by atoms with E-state index in [1.54, 1.807) is 36.4 Å². The van der Waals surface area contributed by atoms with Crippen molar-refractivity contribution < 1.29 is 4.79 Å². The molecule has 0 bridgehead atoms. The van der Waals surface area contributed by atoms with Gasteiger partial charge in [0.25, 0.3) is 0 Å². The second kappa shape index (κ2) is 9.96. The van der Waals surface area contributed by atoms with E-state index in [0.717, 1.165) is 22.5 Å². The van der Waals surface area contributed by atoms with Crippen LogP contribution < -0.4 is 5.32 Å². The Hall–Kier alpha value is -2.51. The Morgan fingerprint density at radius 2 is 1.69 bits per heavy atom. The molecule has 0 spiro atoms. The first-order valence-corrected chi connectivity index (χ1v) is 11.7. The van der Waals surface area contributed by atoms with Crippen molar-refractivity contribution in [3.05, 3.63) is 87.4 Å². The van der Waals surface area contributed by atoms with E-state index in [0.29, 0.717) is 26.0 Å². The van der Waals surface area contributed by atoms with E-state index in [2.05, 4.69) is 15.5 Å². The van der Waals surface area contributed by atoms with Crippen LogP contribution >= 0.6 is 46.6 Å². The lowest BCUT2D eigenvalue weighted by atomic mass is 10.2. The number of nitrogens with one attached hydrogen (secondary N) is 1. The van der Waals surface area contributed by atoms with Gasteiger partial charge >= 0.3 is 0 Å². The third-order valence-corrected chi connectivity index (χ3v) is 6.37. The van der Waals surface area contributed by atoms with E-state index < -0.39 is 0 Å². The van der Waals surface area contributed by atoms with Gasteiger partial charge in [0, 0.05) is 27.0 Å². The lowest BCUT2D eigenvalue weighted by molar-refractivity contribution is -0.113. The first-order valence-electron chi connectivity index (χ1n) is 9.57. The minimum absolute atomic E-state index is 0.149. The second-order valence-electron chi connectivity index (χ2n) is 6.89. The Morgan fingerprint density at radius 3 is 2.41 bits per heavy atom. The molecule has 0 radical (unpaired) electrons. The van der Waals surface area contributed by atoms with Crippen LogP contribution in [0.15, 0.2) is 71.9 Å². The van der Waals surface area contributed by atoms with Crippen molar-refractivity contribution in [1.29, 1.82) is 0 Å². The molecule has 0 aliphatic rings. The Balaban J connectivity index is 1.61. The molecular formula is C23H17Cl3N4OS. The molecule has 1 N–H and O–H groups in total. The van der Waals surface area contributed by atoms with E-state index in [-0.39, 0.29) is 11.7 Å². The van der Waals surface area contributed by atoms with Gasteiger partial charge in [-0.2, -0.15) is 0 Å². The normalized spacial score (nSPS) is 10.9. The van der Waals surface area contributed by atoms with E-state index in [4.69, 9.17) is 34.8 Å². The Bertz CT molecular complexity index is 1270. The number of carbonyl (C=O) groups is 1. The third-order valence-electron chi connectivity index (χ3n) is 4.63. The van der Waals surface area contributed by atoms with E-state index >= 15 is 0 Å². The van der Waals surface area contributed by atoms with Crippen LogP contribution in [0.4, 0.5) is 5.69 Å². The minimum atomic E-state index is -0.162. The summed E-state index contributed by atoms with van der Waals surface area (Å²) in [6, 6.07) is 20.1. The zero-order valence-corrected chi connectivity index (χ0v) is 19.9. The van der Waals surface area contributed by atoms with Crippen LogP contribution in [-0.4, -0.2) is 26.4 Å². The average molecular weight is 504 g/mol. The monoisotopic (exact) mass is 502 g/mol. The molecule has 0 aliphatic carbocycles. The van der Waals surface area contributed by atoms with Gasteiger partial charge in [0.05, 0.1) is 10.8 Å². The number of benzene rings is 3. The summed E-state index contributed by atoms with van der Waals surface area (Å²) in [7, 11) is 0. The Labute approximate surface area is 204 Å². The van der Waals surface area contributed by atoms with Gasteiger partial charge in [-0.3, -0.25) is 9.36 Å². The number of nitrogens with zero attached hydrogens (tertiary/aromatic N) is 3. The van der Waals surface area contributed by atoms with Crippen molar-refractivity contribution in [3.63, 3.8) is 0 Å². The summed E-state index contributed by atoms with van der Waals surface area (Å²) in [5.41, 5.74) is 3.16. The second-order valence-corrected chi connectivity index (χ2v) is 9.12. The van der Waals surface area contributed by atoms with Crippen LogP contribution in [0.25, 0.3) is 17.1 Å². The lowest BCUT2D eigenvalue weighted by Gasteiger charge is -2.12. The molecule has 9 heteroatoms. The summed E-state index contributed by atoms with van der Waals surface area (Å²) in [6.45, 7) is 1.89. The smallest absolute Gasteiger partial charge is 0.234 e. The molecule has 3 aromatic carbocycles. The van der Waals surface area contributed by atoms with Gasteiger partial charge in [-0.25, -0.2) is 0 Å². The number of hydrogen-bond acceptors (Lipinski definition) is 4. The van der Waals surface area contributed by atoms with Crippen molar-refractivity contribution in [3.8, 4) is 17.1 Å². The molecule has 162 valence electrons. The number of aryl methyl sites for hydroxylation is 1. The van der Waals surface area contributed by atoms with Crippen LogP contribution in [-0.2, 0) is 4.79 Å². The SMILES string of the molecule is Cc1cc(Cl)ccc1NC(=O)CSc1nnc(-c2ccccc2Cl)n1-c1ccc(Cl)cc1. The largest absolute Gasteiger partial charge is 0.325 e. The number of amides is 1. The van der Waals surface area contributed by atoms with Crippen molar-refractivity contribution in [2.75, 3.05) is 11.1 Å². The van der Waals surface area contributed by atoms with Gasteiger partial charge in [0.15, 0.2) is 11.0 Å². The highest BCUT2D eigenvalue weighted by Gasteiger charge is 2.19. The summed E-state index contributed by atoms with van der Waals surface area (Å²) in [5, 5.41) is 14.0. The zero-order chi connectivity index (χ0) is 22.7. The Kier molecular flexibility index (Phi) is 7.06.